The lowest BCUT2D eigenvalue weighted by Gasteiger charge is -2.54. The molecule has 1 aromatic carbocycles. The fraction of sp³-hybridized carbons (Fsp3) is 0.556. The zero-order valence-corrected chi connectivity index (χ0v) is 21.5. The van der Waals surface area contributed by atoms with E-state index in [9.17, 15) is 4.79 Å². The van der Waals surface area contributed by atoms with Crippen LogP contribution in [0.3, 0.4) is 0 Å². The van der Waals surface area contributed by atoms with Gasteiger partial charge >= 0.3 is 0 Å². The minimum Gasteiger partial charge on any atom is -0.490 e. The number of carbonyl (C=O) groups is 1. The van der Waals surface area contributed by atoms with Crippen molar-refractivity contribution in [2.45, 2.75) is 57.6 Å². The largest absolute Gasteiger partial charge is 0.490 e. The van der Waals surface area contributed by atoms with Gasteiger partial charge in [-0.15, -0.1) is 10.2 Å². The number of piperidine rings is 1. The summed E-state index contributed by atoms with van der Waals surface area (Å²) in [7, 11) is 0. The van der Waals surface area contributed by atoms with E-state index in [-0.39, 0.29) is 18.1 Å². The third-order valence-electron chi connectivity index (χ3n) is 8.00. The molecule has 0 radical (unpaired) electrons. The van der Waals surface area contributed by atoms with Gasteiger partial charge in [0.15, 0.2) is 11.5 Å². The third-order valence-corrected chi connectivity index (χ3v) is 8.31. The van der Waals surface area contributed by atoms with Crippen molar-refractivity contribution in [1.82, 2.24) is 20.4 Å². The predicted molar refractivity (Wildman–Crippen MR) is 138 cm³/mol. The van der Waals surface area contributed by atoms with E-state index in [1.807, 2.05) is 6.07 Å². The highest BCUT2D eigenvalue weighted by Gasteiger charge is 2.45. The van der Waals surface area contributed by atoms with E-state index in [0.717, 1.165) is 51.1 Å². The van der Waals surface area contributed by atoms with Crippen LogP contribution in [0.4, 0.5) is 5.82 Å². The fourth-order valence-corrected chi connectivity index (χ4v) is 5.85. The van der Waals surface area contributed by atoms with Crippen molar-refractivity contribution >= 4 is 23.3 Å². The van der Waals surface area contributed by atoms with Crippen molar-refractivity contribution in [2.24, 2.45) is 5.41 Å². The van der Waals surface area contributed by atoms with E-state index in [1.165, 1.54) is 25.9 Å². The van der Waals surface area contributed by atoms with Gasteiger partial charge in [-0.3, -0.25) is 4.79 Å². The Hall–Kier alpha value is -2.89. The number of carbonyl (C=O) groups excluding carboxylic acids is 1. The van der Waals surface area contributed by atoms with Crippen LogP contribution >= 0.6 is 11.6 Å². The number of hydrogen-bond donors (Lipinski definition) is 1. The van der Waals surface area contributed by atoms with Gasteiger partial charge in [0.2, 0.25) is 0 Å². The summed E-state index contributed by atoms with van der Waals surface area (Å²) >= 11 is 6.10. The molecule has 0 atom stereocenters. The zero-order valence-electron chi connectivity index (χ0n) is 20.8. The van der Waals surface area contributed by atoms with Crippen LogP contribution in [0.1, 0.15) is 61.5 Å². The molecule has 1 aliphatic carbocycles. The van der Waals surface area contributed by atoms with E-state index < -0.39 is 0 Å². The summed E-state index contributed by atoms with van der Waals surface area (Å²) in [5, 5.41) is 21.1. The van der Waals surface area contributed by atoms with Crippen LogP contribution in [0, 0.1) is 16.7 Å². The van der Waals surface area contributed by atoms with Crippen molar-refractivity contribution in [2.75, 3.05) is 37.6 Å². The average molecular weight is 509 g/mol. The number of nitrogens with zero attached hydrogens (tertiary/aromatic N) is 5. The number of nitriles is 1. The number of likely N-dealkylation sites (tertiary alicyclic amines) is 1. The second-order valence-electron chi connectivity index (χ2n) is 10.4. The van der Waals surface area contributed by atoms with Crippen molar-refractivity contribution in [3.05, 3.63) is 46.6 Å². The van der Waals surface area contributed by atoms with Crippen molar-refractivity contribution < 1.29 is 9.53 Å². The summed E-state index contributed by atoms with van der Waals surface area (Å²) in [4.78, 5) is 17.5. The first-order valence-corrected chi connectivity index (χ1v) is 13.3. The van der Waals surface area contributed by atoms with Crippen molar-refractivity contribution in [3.8, 4) is 11.8 Å². The van der Waals surface area contributed by atoms with Gasteiger partial charge in [-0.2, -0.15) is 5.26 Å². The zero-order chi connectivity index (χ0) is 25.1. The SMILES string of the molecule is CCN1CCC2(CC1)CN(c1ccc(C(=O)NC3CCC(Oc4ccc(C#N)c(Cl)c4)CC3)nn1)C2. The molecule has 1 spiro atoms. The summed E-state index contributed by atoms with van der Waals surface area (Å²) in [6, 6.07) is 11.0. The van der Waals surface area contributed by atoms with E-state index >= 15 is 0 Å². The minimum absolute atomic E-state index is 0.0651. The number of ether oxygens (including phenoxy) is 1. The first-order chi connectivity index (χ1) is 17.5. The lowest BCUT2D eigenvalue weighted by molar-refractivity contribution is 0.0788. The summed E-state index contributed by atoms with van der Waals surface area (Å²) < 4.78 is 6.04. The van der Waals surface area contributed by atoms with E-state index in [1.54, 1.807) is 24.3 Å². The van der Waals surface area contributed by atoms with Crippen LogP contribution in [0.2, 0.25) is 5.02 Å². The second-order valence-corrected chi connectivity index (χ2v) is 10.8. The van der Waals surface area contributed by atoms with E-state index in [2.05, 4.69) is 38.3 Å². The molecule has 3 heterocycles. The Balaban J connectivity index is 1.06. The molecule has 8 nitrogen and oxygen atoms in total. The summed E-state index contributed by atoms with van der Waals surface area (Å²) in [6.07, 6.45) is 5.89. The normalized spacial score (nSPS) is 23.5. The maximum atomic E-state index is 12.7. The van der Waals surface area contributed by atoms with E-state index in [4.69, 9.17) is 21.6 Å². The molecule has 1 saturated carbocycles. The predicted octanol–water partition coefficient (Wildman–Crippen LogP) is 4.04. The molecule has 0 bridgehead atoms. The Morgan fingerprint density at radius 1 is 1.17 bits per heavy atom. The molecule has 3 fully saturated rings. The van der Waals surface area contributed by atoms with Crippen molar-refractivity contribution in [3.63, 3.8) is 0 Å². The maximum Gasteiger partial charge on any atom is 0.272 e. The molecule has 3 aliphatic rings. The van der Waals surface area contributed by atoms with Gasteiger partial charge in [0, 0.05) is 30.6 Å². The van der Waals surface area contributed by atoms with Crippen LogP contribution in [-0.4, -0.2) is 65.9 Å². The first-order valence-electron chi connectivity index (χ1n) is 13.0. The number of halogens is 1. The minimum atomic E-state index is -0.177. The Kier molecular flexibility index (Phi) is 7.31. The number of aromatic nitrogens is 2. The number of benzene rings is 1. The molecule has 5 rings (SSSR count). The molecule has 2 aliphatic heterocycles. The monoisotopic (exact) mass is 508 g/mol. The van der Waals surface area contributed by atoms with Crippen LogP contribution in [-0.2, 0) is 0 Å². The highest BCUT2D eigenvalue weighted by Crippen LogP contribution is 2.41. The molecule has 2 saturated heterocycles. The Morgan fingerprint density at radius 2 is 1.92 bits per heavy atom. The average Bonchev–Trinajstić information content (AvgIpc) is 2.89. The van der Waals surface area contributed by atoms with Gasteiger partial charge in [-0.25, -0.2) is 0 Å². The Labute approximate surface area is 217 Å². The number of rotatable bonds is 6. The molecule has 2 aromatic rings. The van der Waals surface area contributed by atoms with Gasteiger partial charge in [0.1, 0.15) is 11.8 Å². The molecule has 1 aromatic heterocycles. The highest BCUT2D eigenvalue weighted by atomic mass is 35.5. The number of amides is 1. The van der Waals surface area contributed by atoms with Crippen LogP contribution in [0.15, 0.2) is 30.3 Å². The van der Waals surface area contributed by atoms with Gasteiger partial charge in [-0.1, -0.05) is 18.5 Å². The maximum absolute atomic E-state index is 12.7. The van der Waals surface area contributed by atoms with Gasteiger partial charge in [0.05, 0.1) is 16.7 Å². The standard InChI is InChI=1S/C27H33ClN6O2/c1-2-33-13-11-27(12-14-33)17-34(18-27)25-10-9-24(31-32-25)26(35)30-20-4-7-21(8-5-20)36-22-6-3-19(16-29)23(28)15-22/h3,6,9-10,15,20-21H,2,4-5,7-8,11-14,17-18H2,1H3,(H,30,35). The quantitative estimate of drug-likeness (QED) is 0.629. The Morgan fingerprint density at radius 3 is 2.53 bits per heavy atom. The molecule has 36 heavy (non-hydrogen) atoms. The molecule has 9 heteroatoms. The molecule has 1 N–H and O–H groups in total. The van der Waals surface area contributed by atoms with Gasteiger partial charge in [0.25, 0.3) is 5.91 Å². The first kappa shape index (κ1) is 24.8. The second kappa shape index (κ2) is 10.6. The number of anilines is 1. The van der Waals surface area contributed by atoms with Crippen molar-refractivity contribution in [1.29, 1.82) is 5.26 Å². The number of hydrogen-bond acceptors (Lipinski definition) is 7. The van der Waals surface area contributed by atoms with Crippen LogP contribution < -0.4 is 15.0 Å². The lowest BCUT2D eigenvalue weighted by atomic mass is 9.72. The highest BCUT2D eigenvalue weighted by molar-refractivity contribution is 6.31. The number of nitrogens with one attached hydrogen (secondary N) is 1. The molecular weight excluding hydrogens is 476 g/mol. The molecule has 0 unspecified atom stereocenters. The van der Waals surface area contributed by atoms with Crippen LogP contribution in [0.25, 0.3) is 0 Å². The molecule has 190 valence electrons. The fourth-order valence-electron chi connectivity index (χ4n) is 5.64. The topological polar surface area (TPSA) is 94.4 Å². The van der Waals surface area contributed by atoms with Crippen LogP contribution in [0.5, 0.6) is 5.75 Å². The smallest absolute Gasteiger partial charge is 0.272 e. The lowest BCUT2D eigenvalue weighted by Crippen LogP contribution is -2.60. The van der Waals surface area contributed by atoms with Gasteiger partial charge in [-0.05, 0) is 82.4 Å². The van der Waals surface area contributed by atoms with Gasteiger partial charge < -0.3 is 19.9 Å². The summed E-state index contributed by atoms with van der Waals surface area (Å²) in [5.41, 5.74) is 1.22. The molecular formula is C27H33ClN6O2. The Bertz CT molecular complexity index is 1110. The summed E-state index contributed by atoms with van der Waals surface area (Å²) in [5.74, 6) is 1.35. The summed E-state index contributed by atoms with van der Waals surface area (Å²) in [6.45, 7) is 7.81. The van der Waals surface area contributed by atoms with E-state index in [0.29, 0.717) is 27.4 Å². The third kappa shape index (κ3) is 5.42. The molecule has 1 amide bonds.